The Morgan fingerprint density at radius 3 is 2.82 bits per heavy atom. The number of anilines is 2. The average molecular weight is 506 g/mol. The van der Waals surface area contributed by atoms with Gasteiger partial charge in [0, 0.05) is 55.7 Å². The molecule has 1 aromatic carbocycles. The van der Waals surface area contributed by atoms with Gasteiger partial charge in [-0.15, -0.1) is 0 Å². The van der Waals surface area contributed by atoms with Crippen molar-refractivity contribution < 1.29 is 9.84 Å². The van der Waals surface area contributed by atoms with Gasteiger partial charge in [-0.25, -0.2) is 4.98 Å². The van der Waals surface area contributed by atoms with Crippen molar-refractivity contribution in [2.45, 2.75) is 19.1 Å². The highest BCUT2D eigenvalue weighted by Crippen LogP contribution is 2.33. The minimum Gasteiger partial charge on any atom is -0.395 e. The summed E-state index contributed by atoms with van der Waals surface area (Å²) in [4.78, 5) is 14.1. The summed E-state index contributed by atoms with van der Waals surface area (Å²) in [6, 6.07) is 5.39. The van der Waals surface area contributed by atoms with E-state index in [9.17, 15) is 5.11 Å². The largest absolute Gasteiger partial charge is 0.395 e. The standard InChI is InChI=1S/C23H29Cl2N7O2/c1-14(17-4-3-16(24)9-18(17)25)26-22-21-19(12-30(2)29-21)27-23(28-22)32-10-15(11-32)20-13-31(5-7-33)6-8-34-20/h3-4,9,12,14-15,20,33H,5-8,10-11,13H2,1-2H3,(H,26,27,28)/t14-,20?/m1/s1. The van der Waals surface area contributed by atoms with E-state index in [4.69, 9.17) is 37.9 Å². The lowest BCUT2D eigenvalue weighted by Crippen LogP contribution is -2.58. The van der Waals surface area contributed by atoms with Crippen molar-refractivity contribution in [3.63, 3.8) is 0 Å². The molecule has 0 saturated carbocycles. The number of ether oxygens (including phenoxy) is 1. The fourth-order valence-corrected chi connectivity index (χ4v) is 5.23. The molecule has 2 N–H and O–H groups in total. The Hall–Kier alpha value is -2.17. The van der Waals surface area contributed by atoms with Crippen molar-refractivity contribution in [1.82, 2.24) is 24.6 Å². The van der Waals surface area contributed by atoms with Crippen LogP contribution in [0.4, 0.5) is 11.8 Å². The summed E-state index contributed by atoms with van der Waals surface area (Å²) in [7, 11) is 1.88. The molecule has 0 spiro atoms. The first-order valence-electron chi connectivity index (χ1n) is 11.5. The molecule has 2 aliphatic heterocycles. The summed E-state index contributed by atoms with van der Waals surface area (Å²) in [6.45, 7) is 7.01. The zero-order valence-corrected chi connectivity index (χ0v) is 20.8. The zero-order valence-electron chi connectivity index (χ0n) is 19.3. The molecule has 9 nitrogen and oxygen atoms in total. The molecule has 0 aliphatic carbocycles. The number of nitrogens with one attached hydrogen (secondary N) is 1. The van der Waals surface area contributed by atoms with E-state index in [2.05, 4.69) is 20.2 Å². The van der Waals surface area contributed by atoms with Gasteiger partial charge in [0.1, 0.15) is 5.52 Å². The van der Waals surface area contributed by atoms with Gasteiger partial charge in [0.05, 0.1) is 31.6 Å². The van der Waals surface area contributed by atoms with Gasteiger partial charge < -0.3 is 20.1 Å². The summed E-state index contributed by atoms with van der Waals surface area (Å²) < 4.78 is 7.77. The number of nitrogens with zero attached hydrogens (tertiary/aromatic N) is 6. The number of rotatable bonds is 7. The van der Waals surface area contributed by atoms with Gasteiger partial charge >= 0.3 is 0 Å². The van der Waals surface area contributed by atoms with E-state index in [0.29, 0.717) is 40.9 Å². The van der Waals surface area contributed by atoms with Crippen molar-refractivity contribution in [2.24, 2.45) is 13.0 Å². The molecule has 2 atom stereocenters. The molecular formula is C23H29Cl2N7O2. The first kappa shape index (κ1) is 23.6. The first-order chi connectivity index (χ1) is 16.4. The Morgan fingerprint density at radius 2 is 2.06 bits per heavy atom. The average Bonchev–Trinajstić information content (AvgIpc) is 3.14. The second-order valence-electron chi connectivity index (χ2n) is 9.04. The van der Waals surface area contributed by atoms with Crippen molar-refractivity contribution in [1.29, 1.82) is 0 Å². The third-order valence-corrected chi connectivity index (χ3v) is 7.12. The van der Waals surface area contributed by atoms with Crippen LogP contribution < -0.4 is 10.2 Å². The van der Waals surface area contributed by atoms with Crippen LogP contribution in [0.5, 0.6) is 0 Å². The monoisotopic (exact) mass is 505 g/mol. The molecule has 5 rings (SSSR count). The second-order valence-corrected chi connectivity index (χ2v) is 9.88. The SMILES string of the molecule is C[C@@H](Nc1nc(N2CC(C3CN(CCO)CCO3)C2)nc2cn(C)nc12)c1ccc(Cl)cc1Cl. The van der Waals surface area contributed by atoms with Gasteiger partial charge in [-0.1, -0.05) is 29.3 Å². The zero-order chi connectivity index (χ0) is 23.8. The normalized spacial score (nSPS) is 20.5. The van der Waals surface area contributed by atoms with Crippen LogP contribution in [0.15, 0.2) is 24.4 Å². The minimum absolute atomic E-state index is 0.102. The van der Waals surface area contributed by atoms with Gasteiger partial charge in [-0.3, -0.25) is 9.58 Å². The lowest BCUT2D eigenvalue weighted by atomic mass is 9.92. The molecule has 4 heterocycles. The van der Waals surface area contributed by atoms with Gasteiger partial charge in [0.2, 0.25) is 5.95 Å². The summed E-state index contributed by atoms with van der Waals surface area (Å²) in [5.41, 5.74) is 2.44. The van der Waals surface area contributed by atoms with Crippen LogP contribution in [-0.4, -0.2) is 81.8 Å². The topological polar surface area (TPSA) is 91.6 Å². The number of aromatic nitrogens is 4. The first-order valence-corrected chi connectivity index (χ1v) is 12.3. The van der Waals surface area contributed by atoms with Crippen LogP contribution in [0.2, 0.25) is 10.0 Å². The molecule has 0 amide bonds. The van der Waals surface area contributed by atoms with E-state index in [-0.39, 0.29) is 18.8 Å². The maximum Gasteiger partial charge on any atom is 0.228 e. The highest BCUT2D eigenvalue weighted by atomic mass is 35.5. The lowest BCUT2D eigenvalue weighted by molar-refractivity contribution is -0.0658. The smallest absolute Gasteiger partial charge is 0.228 e. The molecule has 11 heteroatoms. The fourth-order valence-electron chi connectivity index (χ4n) is 4.66. The molecule has 34 heavy (non-hydrogen) atoms. The van der Waals surface area contributed by atoms with E-state index in [1.165, 1.54) is 0 Å². The van der Waals surface area contributed by atoms with Gasteiger partial charge in [0.25, 0.3) is 0 Å². The number of hydrogen-bond acceptors (Lipinski definition) is 8. The quantitative estimate of drug-likeness (QED) is 0.506. The second kappa shape index (κ2) is 9.83. The summed E-state index contributed by atoms with van der Waals surface area (Å²) >= 11 is 12.5. The maximum absolute atomic E-state index is 9.25. The predicted octanol–water partition coefficient (Wildman–Crippen LogP) is 2.97. The van der Waals surface area contributed by atoms with Gasteiger partial charge in [-0.2, -0.15) is 10.1 Å². The predicted molar refractivity (Wildman–Crippen MR) is 134 cm³/mol. The number of benzene rings is 1. The Morgan fingerprint density at radius 1 is 1.24 bits per heavy atom. The molecule has 2 fully saturated rings. The molecule has 182 valence electrons. The Labute approximate surface area is 208 Å². The number of hydrogen-bond donors (Lipinski definition) is 2. The molecule has 1 unspecified atom stereocenters. The minimum atomic E-state index is -0.102. The molecule has 2 saturated heterocycles. The Bertz CT molecular complexity index is 1170. The number of β-amino-alcohol motifs (C(OH)–C–C–N with tert-alkyl or cyclic N) is 1. The van der Waals surface area contributed by atoms with E-state index < -0.39 is 0 Å². The van der Waals surface area contributed by atoms with Crippen LogP contribution in [0.25, 0.3) is 11.0 Å². The van der Waals surface area contributed by atoms with Crippen LogP contribution in [-0.2, 0) is 11.8 Å². The molecular weight excluding hydrogens is 477 g/mol. The molecule has 2 aromatic heterocycles. The third kappa shape index (κ3) is 4.81. The highest BCUT2D eigenvalue weighted by Gasteiger charge is 2.38. The number of aliphatic hydroxyl groups excluding tert-OH is 1. The number of halogens is 2. The van der Waals surface area contributed by atoms with Crippen molar-refractivity contribution in [3.8, 4) is 0 Å². The summed E-state index contributed by atoms with van der Waals surface area (Å²) in [6.07, 6.45) is 2.07. The van der Waals surface area contributed by atoms with E-state index in [1.807, 2.05) is 32.3 Å². The number of fused-ring (bicyclic) bond motifs is 1. The molecule has 0 radical (unpaired) electrons. The van der Waals surface area contributed by atoms with Crippen LogP contribution in [0.3, 0.4) is 0 Å². The summed E-state index contributed by atoms with van der Waals surface area (Å²) in [5, 5.41) is 18.5. The lowest BCUT2D eigenvalue weighted by Gasteiger charge is -2.46. The number of morpholine rings is 1. The van der Waals surface area contributed by atoms with E-state index in [1.54, 1.807) is 10.7 Å². The third-order valence-electron chi connectivity index (χ3n) is 6.56. The van der Waals surface area contributed by atoms with E-state index >= 15 is 0 Å². The molecule has 2 aliphatic rings. The van der Waals surface area contributed by atoms with E-state index in [0.717, 1.165) is 42.8 Å². The van der Waals surface area contributed by atoms with Crippen LogP contribution in [0.1, 0.15) is 18.5 Å². The van der Waals surface area contributed by atoms with Crippen LogP contribution in [0, 0.1) is 5.92 Å². The number of aryl methyl sites for hydroxylation is 1. The van der Waals surface area contributed by atoms with Crippen molar-refractivity contribution in [2.75, 3.05) is 56.2 Å². The maximum atomic E-state index is 9.25. The Balaban J connectivity index is 1.33. The molecule has 0 bridgehead atoms. The van der Waals surface area contributed by atoms with Gasteiger partial charge in [0.15, 0.2) is 11.3 Å². The molecule has 3 aromatic rings. The number of aliphatic hydroxyl groups is 1. The van der Waals surface area contributed by atoms with Crippen molar-refractivity contribution in [3.05, 3.63) is 40.0 Å². The Kier molecular flexibility index (Phi) is 6.81. The van der Waals surface area contributed by atoms with Crippen LogP contribution >= 0.6 is 23.2 Å². The fraction of sp³-hybridized carbons (Fsp3) is 0.522. The van der Waals surface area contributed by atoms with Crippen molar-refractivity contribution >= 4 is 46.0 Å². The summed E-state index contributed by atoms with van der Waals surface area (Å²) in [5.74, 6) is 1.76. The van der Waals surface area contributed by atoms with Gasteiger partial charge in [-0.05, 0) is 24.6 Å². The highest BCUT2D eigenvalue weighted by molar-refractivity contribution is 6.35.